The van der Waals surface area contributed by atoms with Gasteiger partial charge in [-0.05, 0) is 40.5 Å². The highest BCUT2D eigenvalue weighted by atomic mass is 31.2. The van der Waals surface area contributed by atoms with E-state index >= 15 is 0 Å². The quantitative estimate of drug-likeness (QED) is 0.0737. The van der Waals surface area contributed by atoms with Crippen LogP contribution in [-0.2, 0) is 23.3 Å². The third kappa shape index (κ3) is 12.8. The minimum absolute atomic E-state index is 0.0702. The maximum atomic E-state index is 14.6. The lowest BCUT2D eigenvalue weighted by Crippen LogP contribution is -2.39. The predicted octanol–water partition coefficient (Wildman–Crippen LogP) is 8.63. The average molecular weight is 727 g/mol. The Kier molecular flexibility index (Phi) is 19.1. The molecule has 2 fully saturated rings. The predicted molar refractivity (Wildman–Crippen MR) is 194 cm³/mol. The summed E-state index contributed by atoms with van der Waals surface area (Å²) in [5, 5.41) is 9.13. The Morgan fingerprint density at radius 2 is 1.44 bits per heavy atom. The van der Waals surface area contributed by atoms with Gasteiger partial charge in [0.2, 0.25) is 5.82 Å². The van der Waals surface area contributed by atoms with Crippen LogP contribution in [0.25, 0.3) is 0 Å². The molecule has 3 rings (SSSR count). The van der Waals surface area contributed by atoms with Gasteiger partial charge in [0.25, 0.3) is 14.1 Å². The number of aromatic amines is 1. The Morgan fingerprint density at radius 3 is 1.98 bits per heavy atom. The normalized spacial score (nSPS) is 22.1. The van der Waals surface area contributed by atoms with E-state index in [-0.39, 0.29) is 31.7 Å². The molecule has 2 saturated heterocycles. The molecule has 1 N–H and O–H groups in total. The number of hydrogen-bond donors (Lipinski definition) is 1. The van der Waals surface area contributed by atoms with Crippen molar-refractivity contribution in [1.82, 2.24) is 14.2 Å². The molecule has 0 amide bonds. The first-order valence-corrected chi connectivity index (χ1v) is 20.4. The highest BCUT2D eigenvalue weighted by Crippen LogP contribution is 2.50. The second-order valence-corrected chi connectivity index (χ2v) is 15.8. The Hall–Kier alpha value is -1.71. The molecule has 2 aliphatic rings. The SMILES string of the molecule is CCCCCCCCCC1(CCCCCCCCC)OC2[C@@H](O1)[C@@H](COP(OCCC#N)N(C(C)C)C(C)C)O[C@H]2n1cc(F)c(=O)[nH]c1=O. The molecular formula is C37H64FN4O7P. The lowest BCUT2D eigenvalue weighted by molar-refractivity contribution is -0.227. The van der Waals surface area contributed by atoms with Gasteiger partial charge in [-0.1, -0.05) is 90.9 Å². The van der Waals surface area contributed by atoms with Crippen LogP contribution >= 0.6 is 8.53 Å². The number of aromatic nitrogens is 2. The fourth-order valence-electron chi connectivity index (χ4n) is 7.02. The molecule has 3 heterocycles. The minimum atomic E-state index is -1.56. The van der Waals surface area contributed by atoms with Gasteiger partial charge < -0.3 is 23.3 Å². The molecule has 0 aliphatic carbocycles. The number of nitriles is 1. The van der Waals surface area contributed by atoms with Gasteiger partial charge in [0, 0.05) is 24.9 Å². The summed E-state index contributed by atoms with van der Waals surface area (Å²) < 4.78 is 50.5. The molecule has 0 spiro atoms. The molecule has 0 bridgehead atoms. The number of H-pyrrole nitrogens is 1. The summed E-state index contributed by atoms with van der Waals surface area (Å²) in [5.41, 5.74) is -1.87. The summed E-state index contributed by atoms with van der Waals surface area (Å²) in [6.45, 7) is 13.0. The first-order valence-electron chi connectivity index (χ1n) is 19.3. The molecule has 0 radical (unpaired) electrons. The van der Waals surface area contributed by atoms with Crippen molar-refractivity contribution < 1.29 is 27.6 Å². The lowest BCUT2D eigenvalue weighted by Gasteiger charge is -2.36. The van der Waals surface area contributed by atoms with E-state index in [0.29, 0.717) is 12.8 Å². The standard InChI is InChI=1S/C37H64FN4O7P/c1-7-9-11-13-15-17-19-22-37(23-20-18-16-14-12-10-8-2)48-32-31(27-46-50(45-25-21-24-39)42(28(3)4)29(5)6)47-35(33(32)49-37)41-26-30(38)34(43)40-36(41)44/h26,28-29,31-33,35H,7-23,25,27H2,1-6H3,(H,40,43,44)/t31-,32+,33?,35-,50?/m1/s1. The van der Waals surface area contributed by atoms with E-state index < -0.39 is 55.9 Å². The van der Waals surface area contributed by atoms with Crippen LogP contribution < -0.4 is 11.2 Å². The molecule has 0 aromatic carbocycles. The van der Waals surface area contributed by atoms with Crippen molar-refractivity contribution in [3.05, 3.63) is 32.9 Å². The maximum Gasteiger partial charge on any atom is 0.330 e. The van der Waals surface area contributed by atoms with Gasteiger partial charge in [-0.15, -0.1) is 0 Å². The van der Waals surface area contributed by atoms with Gasteiger partial charge in [-0.3, -0.25) is 14.3 Å². The van der Waals surface area contributed by atoms with E-state index in [9.17, 15) is 14.0 Å². The Morgan fingerprint density at radius 1 is 0.900 bits per heavy atom. The van der Waals surface area contributed by atoms with E-state index in [1.807, 2.05) is 0 Å². The molecule has 2 unspecified atom stereocenters. The third-order valence-corrected chi connectivity index (χ3v) is 11.6. The van der Waals surface area contributed by atoms with Crippen molar-refractivity contribution in [2.45, 2.75) is 193 Å². The first kappa shape index (κ1) is 42.7. The van der Waals surface area contributed by atoms with E-state index in [4.69, 9.17) is 28.5 Å². The smallest absolute Gasteiger partial charge is 0.330 e. The number of ether oxygens (including phenoxy) is 3. The zero-order valence-corrected chi connectivity index (χ0v) is 32.4. The summed E-state index contributed by atoms with van der Waals surface area (Å²) in [7, 11) is -1.56. The number of halogens is 1. The Bertz CT molecular complexity index is 1250. The lowest BCUT2D eigenvalue weighted by atomic mass is 9.98. The van der Waals surface area contributed by atoms with Crippen LogP contribution in [0.5, 0.6) is 0 Å². The third-order valence-electron chi connectivity index (χ3n) is 9.52. The average Bonchev–Trinajstić information content (AvgIpc) is 3.60. The summed E-state index contributed by atoms with van der Waals surface area (Å²) in [4.78, 5) is 27.0. The largest absolute Gasteiger partial charge is 0.346 e. The van der Waals surface area contributed by atoms with Crippen LogP contribution in [0.2, 0.25) is 0 Å². The number of nitrogens with zero attached hydrogens (tertiary/aromatic N) is 3. The molecule has 286 valence electrons. The van der Waals surface area contributed by atoms with E-state index in [2.05, 4.69) is 57.3 Å². The number of fused-ring (bicyclic) bond motifs is 1. The number of nitrogens with one attached hydrogen (secondary N) is 1. The van der Waals surface area contributed by atoms with Crippen LogP contribution in [0, 0.1) is 17.1 Å². The van der Waals surface area contributed by atoms with E-state index in [1.54, 1.807) is 0 Å². The minimum Gasteiger partial charge on any atom is -0.346 e. The van der Waals surface area contributed by atoms with Crippen molar-refractivity contribution in [2.24, 2.45) is 0 Å². The van der Waals surface area contributed by atoms with Crippen molar-refractivity contribution in [3.63, 3.8) is 0 Å². The van der Waals surface area contributed by atoms with Crippen LogP contribution in [0.3, 0.4) is 0 Å². The summed E-state index contributed by atoms with van der Waals surface area (Å²) in [6.07, 6.45) is 15.7. The highest BCUT2D eigenvalue weighted by molar-refractivity contribution is 7.44. The van der Waals surface area contributed by atoms with Crippen molar-refractivity contribution in [2.75, 3.05) is 13.2 Å². The van der Waals surface area contributed by atoms with Crippen molar-refractivity contribution in [3.8, 4) is 6.07 Å². The molecular weight excluding hydrogens is 662 g/mol. The Labute approximate surface area is 300 Å². The molecule has 11 nitrogen and oxygen atoms in total. The second-order valence-electron chi connectivity index (χ2n) is 14.4. The zero-order valence-electron chi connectivity index (χ0n) is 31.5. The summed E-state index contributed by atoms with van der Waals surface area (Å²) in [5.74, 6) is -1.96. The van der Waals surface area contributed by atoms with E-state index in [0.717, 1.165) is 49.3 Å². The van der Waals surface area contributed by atoms with Crippen molar-refractivity contribution >= 4 is 8.53 Å². The van der Waals surface area contributed by atoms with Gasteiger partial charge >= 0.3 is 5.69 Å². The van der Waals surface area contributed by atoms with Crippen LogP contribution in [0.1, 0.15) is 157 Å². The fraction of sp³-hybridized carbons (Fsp3) is 0.865. The molecule has 2 aliphatic heterocycles. The van der Waals surface area contributed by atoms with Gasteiger partial charge in [0.1, 0.15) is 18.3 Å². The van der Waals surface area contributed by atoms with Gasteiger partial charge in [0.15, 0.2) is 12.0 Å². The van der Waals surface area contributed by atoms with Crippen LogP contribution in [-0.4, -0.2) is 63.6 Å². The highest BCUT2D eigenvalue weighted by Gasteiger charge is 2.58. The first-order chi connectivity index (χ1) is 24.1. The number of rotatable bonds is 26. The molecule has 1 aromatic heterocycles. The van der Waals surface area contributed by atoms with Gasteiger partial charge in [0.05, 0.1) is 31.9 Å². The van der Waals surface area contributed by atoms with E-state index in [1.165, 1.54) is 51.4 Å². The molecule has 5 atom stereocenters. The number of hydrogen-bond acceptors (Lipinski definition) is 9. The topological polar surface area (TPSA) is 128 Å². The Balaban J connectivity index is 1.86. The van der Waals surface area contributed by atoms with Gasteiger partial charge in [-0.25, -0.2) is 9.46 Å². The second kappa shape index (κ2) is 22.4. The molecule has 0 saturated carbocycles. The maximum absolute atomic E-state index is 14.6. The summed E-state index contributed by atoms with van der Waals surface area (Å²) in [6, 6.07) is 2.34. The molecule has 13 heteroatoms. The zero-order chi connectivity index (χ0) is 36.5. The van der Waals surface area contributed by atoms with Crippen LogP contribution in [0.4, 0.5) is 4.39 Å². The van der Waals surface area contributed by atoms with Crippen LogP contribution in [0.15, 0.2) is 15.8 Å². The fourth-order valence-corrected chi connectivity index (χ4v) is 8.64. The summed E-state index contributed by atoms with van der Waals surface area (Å²) >= 11 is 0. The molecule has 1 aromatic rings. The monoisotopic (exact) mass is 726 g/mol. The molecule has 50 heavy (non-hydrogen) atoms. The van der Waals surface area contributed by atoms with Crippen molar-refractivity contribution in [1.29, 1.82) is 5.26 Å². The van der Waals surface area contributed by atoms with Gasteiger partial charge in [-0.2, -0.15) is 9.65 Å². The number of unbranched alkanes of at least 4 members (excludes halogenated alkanes) is 12.